The molecule has 0 unspecified atom stereocenters. The van der Waals surface area contributed by atoms with Crippen LogP contribution in [0.3, 0.4) is 0 Å². The number of hydrogen-bond donors (Lipinski definition) is 1. The van der Waals surface area contributed by atoms with Crippen molar-refractivity contribution in [2.75, 3.05) is 5.32 Å². The van der Waals surface area contributed by atoms with Crippen LogP contribution in [0.15, 0.2) is 54.9 Å². The molecule has 0 bridgehead atoms. The molecule has 1 N–H and O–H groups in total. The van der Waals surface area contributed by atoms with E-state index in [0.717, 1.165) is 24.2 Å². The zero-order valence-corrected chi connectivity index (χ0v) is 12.8. The van der Waals surface area contributed by atoms with E-state index in [-0.39, 0.29) is 5.91 Å². The number of tetrazole rings is 1. The number of nitrogens with zero attached hydrogens (tertiary/aromatic N) is 4. The average molecular weight is 307 g/mol. The summed E-state index contributed by atoms with van der Waals surface area (Å²) in [6.45, 7) is 2.15. The minimum Gasteiger partial charge on any atom is -0.322 e. The number of anilines is 1. The second kappa shape index (κ2) is 6.83. The largest absolute Gasteiger partial charge is 0.322 e. The molecule has 6 heteroatoms. The van der Waals surface area contributed by atoms with Gasteiger partial charge in [-0.1, -0.05) is 25.5 Å². The Morgan fingerprint density at radius 1 is 1.09 bits per heavy atom. The van der Waals surface area contributed by atoms with Gasteiger partial charge in [0.2, 0.25) is 0 Å². The first-order chi connectivity index (χ1) is 11.3. The first-order valence-corrected chi connectivity index (χ1v) is 7.50. The van der Waals surface area contributed by atoms with Gasteiger partial charge in [-0.2, -0.15) is 0 Å². The van der Waals surface area contributed by atoms with Gasteiger partial charge < -0.3 is 5.32 Å². The Balaban J connectivity index is 1.68. The quantitative estimate of drug-likeness (QED) is 0.786. The fourth-order valence-electron chi connectivity index (χ4n) is 2.29. The molecular formula is C17H17N5O. The molecule has 0 aliphatic heterocycles. The zero-order chi connectivity index (χ0) is 16.1. The van der Waals surface area contributed by atoms with Crippen molar-refractivity contribution in [3.8, 4) is 5.69 Å². The maximum atomic E-state index is 12.3. The highest BCUT2D eigenvalue weighted by Crippen LogP contribution is 2.14. The second-order valence-electron chi connectivity index (χ2n) is 5.20. The monoisotopic (exact) mass is 307 g/mol. The number of carbonyl (C=O) groups excluding carboxylic acids is 1. The van der Waals surface area contributed by atoms with Crippen LogP contribution in [0.1, 0.15) is 29.3 Å². The van der Waals surface area contributed by atoms with Crippen LogP contribution in [0.2, 0.25) is 0 Å². The topological polar surface area (TPSA) is 72.7 Å². The van der Waals surface area contributed by atoms with E-state index in [0.29, 0.717) is 5.56 Å². The number of carbonyl (C=O) groups is 1. The van der Waals surface area contributed by atoms with Gasteiger partial charge in [-0.3, -0.25) is 4.79 Å². The fraction of sp³-hybridized carbons (Fsp3) is 0.176. The molecule has 0 radical (unpaired) electrons. The Bertz CT molecular complexity index is 764. The van der Waals surface area contributed by atoms with Gasteiger partial charge in [0.05, 0.1) is 5.69 Å². The van der Waals surface area contributed by atoms with Gasteiger partial charge in [0.1, 0.15) is 6.33 Å². The summed E-state index contributed by atoms with van der Waals surface area (Å²) in [6, 6.07) is 15.0. The lowest BCUT2D eigenvalue weighted by molar-refractivity contribution is 0.102. The molecule has 6 nitrogen and oxygen atoms in total. The van der Waals surface area contributed by atoms with E-state index in [9.17, 15) is 4.79 Å². The smallest absolute Gasteiger partial charge is 0.255 e. The lowest BCUT2D eigenvalue weighted by Gasteiger charge is -2.07. The molecular weight excluding hydrogens is 290 g/mol. The van der Waals surface area contributed by atoms with Gasteiger partial charge in [0.25, 0.3) is 5.91 Å². The lowest BCUT2D eigenvalue weighted by Crippen LogP contribution is -2.12. The second-order valence-corrected chi connectivity index (χ2v) is 5.20. The Morgan fingerprint density at radius 2 is 1.83 bits per heavy atom. The molecule has 3 aromatic rings. The van der Waals surface area contributed by atoms with Gasteiger partial charge in [-0.05, 0) is 58.8 Å². The van der Waals surface area contributed by atoms with Crippen LogP contribution in [-0.2, 0) is 6.42 Å². The highest BCUT2D eigenvalue weighted by Gasteiger charge is 2.07. The summed E-state index contributed by atoms with van der Waals surface area (Å²) >= 11 is 0. The number of nitrogens with one attached hydrogen (secondary N) is 1. The Morgan fingerprint density at radius 3 is 2.43 bits per heavy atom. The van der Waals surface area contributed by atoms with Crippen molar-refractivity contribution < 1.29 is 4.79 Å². The highest BCUT2D eigenvalue weighted by molar-refractivity contribution is 6.04. The number of aryl methyl sites for hydroxylation is 1. The predicted molar refractivity (Wildman–Crippen MR) is 87.5 cm³/mol. The van der Waals surface area contributed by atoms with Crippen molar-refractivity contribution in [1.82, 2.24) is 20.2 Å². The van der Waals surface area contributed by atoms with Crippen LogP contribution in [0.25, 0.3) is 5.69 Å². The van der Waals surface area contributed by atoms with E-state index in [1.54, 1.807) is 24.3 Å². The number of aromatic nitrogens is 4. The number of hydrogen-bond acceptors (Lipinski definition) is 4. The van der Waals surface area contributed by atoms with Crippen molar-refractivity contribution in [2.45, 2.75) is 19.8 Å². The maximum absolute atomic E-state index is 12.3. The van der Waals surface area contributed by atoms with Crippen LogP contribution in [0.4, 0.5) is 5.69 Å². The van der Waals surface area contributed by atoms with Gasteiger partial charge in [0, 0.05) is 11.3 Å². The van der Waals surface area contributed by atoms with Crippen LogP contribution in [0, 0.1) is 0 Å². The van der Waals surface area contributed by atoms with Gasteiger partial charge in [-0.15, -0.1) is 5.10 Å². The van der Waals surface area contributed by atoms with E-state index in [1.165, 1.54) is 16.6 Å². The molecule has 1 heterocycles. The minimum absolute atomic E-state index is 0.142. The molecule has 23 heavy (non-hydrogen) atoms. The van der Waals surface area contributed by atoms with Crippen molar-refractivity contribution in [3.05, 3.63) is 66.0 Å². The Hall–Kier alpha value is -3.02. The van der Waals surface area contributed by atoms with E-state index >= 15 is 0 Å². The average Bonchev–Trinajstić information content (AvgIpc) is 3.11. The van der Waals surface area contributed by atoms with Gasteiger partial charge in [-0.25, -0.2) is 4.68 Å². The third-order valence-corrected chi connectivity index (χ3v) is 3.49. The molecule has 0 aliphatic rings. The third kappa shape index (κ3) is 3.60. The molecule has 0 saturated carbocycles. The number of amides is 1. The molecule has 0 fully saturated rings. The Kier molecular flexibility index (Phi) is 4.42. The minimum atomic E-state index is -0.142. The molecule has 0 spiro atoms. The highest BCUT2D eigenvalue weighted by atomic mass is 16.1. The normalized spacial score (nSPS) is 10.5. The summed E-state index contributed by atoms with van der Waals surface area (Å²) in [5, 5.41) is 13.9. The van der Waals surface area contributed by atoms with E-state index in [1.807, 2.05) is 24.3 Å². The lowest BCUT2D eigenvalue weighted by atomic mass is 10.1. The van der Waals surface area contributed by atoms with Crippen molar-refractivity contribution >= 4 is 11.6 Å². The summed E-state index contributed by atoms with van der Waals surface area (Å²) < 4.78 is 1.54. The van der Waals surface area contributed by atoms with E-state index in [4.69, 9.17) is 0 Å². The predicted octanol–water partition coefficient (Wildman–Crippen LogP) is 2.87. The van der Waals surface area contributed by atoms with Crippen LogP contribution in [-0.4, -0.2) is 26.1 Å². The summed E-state index contributed by atoms with van der Waals surface area (Å²) in [7, 11) is 0. The summed E-state index contributed by atoms with van der Waals surface area (Å²) in [5.41, 5.74) is 3.45. The van der Waals surface area contributed by atoms with Gasteiger partial charge >= 0.3 is 0 Å². The van der Waals surface area contributed by atoms with E-state index in [2.05, 4.69) is 27.8 Å². The van der Waals surface area contributed by atoms with Crippen LogP contribution in [0.5, 0.6) is 0 Å². The SMILES string of the molecule is CCCc1ccc(NC(=O)c2ccc(-n3cnnn3)cc2)cc1. The van der Waals surface area contributed by atoms with E-state index < -0.39 is 0 Å². The van der Waals surface area contributed by atoms with Crippen molar-refractivity contribution in [3.63, 3.8) is 0 Å². The van der Waals surface area contributed by atoms with Gasteiger partial charge in [0.15, 0.2) is 0 Å². The molecule has 0 aliphatic carbocycles. The molecule has 1 amide bonds. The maximum Gasteiger partial charge on any atom is 0.255 e. The Labute approximate surface area is 134 Å². The van der Waals surface area contributed by atoms with Crippen LogP contribution >= 0.6 is 0 Å². The summed E-state index contributed by atoms with van der Waals surface area (Å²) in [4.78, 5) is 12.3. The van der Waals surface area contributed by atoms with Crippen molar-refractivity contribution in [1.29, 1.82) is 0 Å². The molecule has 116 valence electrons. The fourth-order valence-corrected chi connectivity index (χ4v) is 2.29. The first-order valence-electron chi connectivity index (χ1n) is 7.50. The standard InChI is InChI=1S/C17H17N5O/c1-2-3-13-4-8-15(9-5-13)19-17(23)14-6-10-16(11-7-14)22-12-18-20-21-22/h4-12H,2-3H2,1H3,(H,19,23). The number of rotatable bonds is 5. The van der Waals surface area contributed by atoms with Crippen LogP contribution < -0.4 is 5.32 Å². The molecule has 0 atom stereocenters. The summed E-state index contributed by atoms with van der Waals surface area (Å²) in [5.74, 6) is -0.142. The van der Waals surface area contributed by atoms with Crippen molar-refractivity contribution in [2.24, 2.45) is 0 Å². The zero-order valence-electron chi connectivity index (χ0n) is 12.8. The first kappa shape index (κ1) is 14.9. The molecule has 3 rings (SSSR count). The number of benzene rings is 2. The molecule has 2 aromatic carbocycles. The summed E-state index contributed by atoms with van der Waals surface area (Å²) in [6.07, 6.45) is 3.67. The molecule has 1 aromatic heterocycles. The third-order valence-electron chi connectivity index (χ3n) is 3.49. The molecule has 0 saturated heterocycles.